The normalized spacial score (nSPS) is 26.0. The minimum Gasteiger partial charge on any atom is -0.466 e. The average Bonchev–Trinajstić information content (AvgIpc) is 3.29. The zero-order valence-electron chi connectivity index (χ0n) is 13.4. The fraction of sp³-hybridized carbons (Fsp3) is 0.556. The lowest BCUT2D eigenvalue weighted by molar-refractivity contribution is -0.145. The van der Waals surface area contributed by atoms with Crippen LogP contribution in [0.3, 0.4) is 0 Å². The maximum Gasteiger partial charge on any atom is 0.410 e. The fourth-order valence-electron chi connectivity index (χ4n) is 3.54. The Bertz CT molecular complexity index is 545. The van der Waals surface area contributed by atoms with Crippen LogP contribution in [-0.4, -0.2) is 36.7 Å². The van der Waals surface area contributed by atoms with Gasteiger partial charge in [0, 0.05) is 13.1 Å². The molecule has 0 bridgehead atoms. The molecule has 1 amide bonds. The molecule has 5 heteroatoms. The van der Waals surface area contributed by atoms with Crippen molar-refractivity contribution in [1.29, 1.82) is 0 Å². The molecule has 1 saturated carbocycles. The summed E-state index contributed by atoms with van der Waals surface area (Å²) in [7, 11) is 0. The topological polar surface area (TPSA) is 55.8 Å². The van der Waals surface area contributed by atoms with Crippen LogP contribution in [0, 0.1) is 17.8 Å². The molecule has 1 heterocycles. The first kappa shape index (κ1) is 15.8. The van der Waals surface area contributed by atoms with E-state index >= 15 is 0 Å². The van der Waals surface area contributed by atoms with Gasteiger partial charge in [-0.25, -0.2) is 4.79 Å². The van der Waals surface area contributed by atoms with Gasteiger partial charge in [0.25, 0.3) is 0 Å². The molecule has 0 aromatic heterocycles. The van der Waals surface area contributed by atoms with E-state index in [1.807, 2.05) is 37.3 Å². The molecule has 2 fully saturated rings. The molecule has 2 aliphatic rings. The number of benzene rings is 1. The molecule has 124 valence electrons. The van der Waals surface area contributed by atoms with Gasteiger partial charge in [0.2, 0.25) is 0 Å². The van der Waals surface area contributed by atoms with E-state index in [2.05, 4.69) is 0 Å². The Morgan fingerprint density at radius 2 is 1.74 bits per heavy atom. The van der Waals surface area contributed by atoms with E-state index in [1.165, 1.54) is 0 Å². The highest BCUT2D eigenvalue weighted by Crippen LogP contribution is 2.52. The summed E-state index contributed by atoms with van der Waals surface area (Å²) >= 11 is 0. The van der Waals surface area contributed by atoms with Crippen LogP contribution in [0.2, 0.25) is 0 Å². The first-order valence-electron chi connectivity index (χ1n) is 8.33. The Morgan fingerprint density at radius 1 is 1.09 bits per heavy atom. The molecule has 2 atom stereocenters. The van der Waals surface area contributed by atoms with Crippen LogP contribution in [0.1, 0.15) is 25.3 Å². The van der Waals surface area contributed by atoms with Crippen molar-refractivity contribution in [2.75, 3.05) is 19.7 Å². The second-order valence-electron chi connectivity index (χ2n) is 6.21. The first-order chi connectivity index (χ1) is 11.2. The highest BCUT2D eigenvalue weighted by atomic mass is 16.6. The van der Waals surface area contributed by atoms with Gasteiger partial charge in [-0.3, -0.25) is 4.79 Å². The SMILES string of the molecule is CCOC(=O)C1C2CCN(C(=O)OCc3ccccc3)CCC21. The highest BCUT2D eigenvalue weighted by Gasteiger charge is 2.55. The summed E-state index contributed by atoms with van der Waals surface area (Å²) in [5.41, 5.74) is 0.987. The van der Waals surface area contributed by atoms with Crippen LogP contribution < -0.4 is 0 Å². The summed E-state index contributed by atoms with van der Waals surface area (Å²) in [4.78, 5) is 25.8. The van der Waals surface area contributed by atoms with Gasteiger partial charge in [-0.1, -0.05) is 30.3 Å². The monoisotopic (exact) mass is 317 g/mol. The first-order valence-corrected chi connectivity index (χ1v) is 8.33. The van der Waals surface area contributed by atoms with E-state index in [0.717, 1.165) is 18.4 Å². The Balaban J connectivity index is 1.45. The molecule has 1 saturated heterocycles. The van der Waals surface area contributed by atoms with E-state index < -0.39 is 0 Å². The molecule has 1 aromatic carbocycles. The van der Waals surface area contributed by atoms with E-state index in [-0.39, 0.29) is 18.0 Å². The second kappa shape index (κ2) is 7.02. The number of fused-ring (bicyclic) bond motifs is 1. The molecule has 5 nitrogen and oxygen atoms in total. The Kier molecular flexibility index (Phi) is 4.84. The lowest BCUT2D eigenvalue weighted by Crippen LogP contribution is -2.33. The van der Waals surface area contributed by atoms with E-state index in [4.69, 9.17) is 9.47 Å². The smallest absolute Gasteiger partial charge is 0.410 e. The number of ether oxygens (including phenoxy) is 2. The van der Waals surface area contributed by atoms with Crippen LogP contribution in [0.25, 0.3) is 0 Å². The van der Waals surface area contributed by atoms with Crippen LogP contribution >= 0.6 is 0 Å². The summed E-state index contributed by atoms with van der Waals surface area (Å²) in [5, 5.41) is 0. The van der Waals surface area contributed by atoms with Crippen molar-refractivity contribution >= 4 is 12.1 Å². The standard InChI is InChI=1S/C18H23NO4/c1-2-22-17(20)16-14-8-10-19(11-9-15(14)16)18(21)23-12-13-6-4-3-5-7-13/h3-7,14-16H,2,8-12H2,1H3. The van der Waals surface area contributed by atoms with Crippen LogP contribution in [-0.2, 0) is 20.9 Å². The van der Waals surface area contributed by atoms with Gasteiger partial charge in [0.15, 0.2) is 0 Å². The molecule has 0 N–H and O–H groups in total. The second-order valence-corrected chi connectivity index (χ2v) is 6.21. The zero-order valence-corrected chi connectivity index (χ0v) is 13.4. The average molecular weight is 317 g/mol. The molecule has 2 unspecified atom stereocenters. The Hall–Kier alpha value is -2.04. The van der Waals surface area contributed by atoms with E-state index in [9.17, 15) is 9.59 Å². The minimum absolute atomic E-state index is 0.0532. The highest BCUT2D eigenvalue weighted by molar-refractivity contribution is 5.76. The lowest BCUT2D eigenvalue weighted by atomic mass is 10.2. The van der Waals surface area contributed by atoms with Gasteiger partial charge < -0.3 is 14.4 Å². The molecule has 3 rings (SSSR count). The fourth-order valence-corrected chi connectivity index (χ4v) is 3.54. The number of likely N-dealkylation sites (tertiary alicyclic amines) is 1. The molecule has 23 heavy (non-hydrogen) atoms. The summed E-state index contributed by atoms with van der Waals surface area (Å²) < 4.78 is 10.5. The third kappa shape index (κ3) is 3.66. The molecular weight excluding hydrogens is 294 g/mol. The van der Waals surface area contributed by atoms with Crippen molar-refractivity contribution in [2.24, 2.45) is 17.8 Å². The number of hydrogen-bond donors (Lipinski definition) is 0. The molecule has 1 aliphatic carbocycles. The third-order valence-electron chi connectivity index (χ3n) is 4.82. The molecule has 0 radical (unpaired) electrons. The number of nitrogens with zero attached hydrogens (tertiary/aromatic N) is 1. The number of amides is 1. The number of carbonyl (C=O) groups excluding carboxylic acids is 2. The summed E-state index contributed by atoms with van der Waals surface area (Å²) in [5.74, 6) is 0.738. The summed E-state index contributed by atoms with van der Waals surface area (Å²) in [6.07, 6.45) is 1.45. The van der Waals surface area contributed by atoms with E-state index in [1.54, 1.807) is 4.90 Å². The quantitative estimate of drug-likeness (QED) is 0.801. The Labute approximate surface area is 136 Å². The van der Waals surface area contributed by atoms with Crippen molar-refractivity contribution in [3.63, 3.8) is 0 Å². The number of esters is 1. The lowest BCUT2D eigenvalue weighted by Gasteiger charge is -2.21. The third-order valence-corrected chi connectivity index (χ3v) is 4.82. The van der Waals surface area contributed by atoms with Crippen molar-refractivity contribution < 1.29 is 19.1 Å². The molecular formula is C18H23NO4. The summed E-state index contributed by atoms with van der Waals surface area (Å²) in [6.45, 7) is 3.89. The predicted molar refractivity (Wildman–Crippen MR) is 84.5 cm³/mol. The predicted octanol–water partition coefficient (Wildman–Crippen LogP) is 2.84. The van der Waals surface area contributed by atoms with Crippen LogP contribution in [0.4, 0.5) is 4.79 Å². The number of carbonyl (C=O) groups is 2. The molecule has 1 aliphatic heterocycles. The van der Waals surface area contributed by atoms with Crippen LogP contribution in [0.15, 0.2) is 30.3 Å². The van der Waals surface area contributed by atoms with Crippen LogP contribution in [0.5, 0.6) is 0 Å². The van der Waals surface area contributed by atoms with Crippen molar-refractivity contribution in [1.82, 2.24) is 4.90 Å². The number of hydrogen-bond acceptors (Lipinski definition) is 4. The zero-order chi connectivity index (χ0) is 16.2. The van der Waals surface area contributed by atoms with Crippen molar-refractivity contribution in [3.8, 4) is 0 Å². The van der Waals surface area contributed by atoms with Gasteiger partial charge in [-0.2, -0.15) is 0 Å². The van der Waals surface area contributed by atoms with E-state index in [0.29, 0.717) is 38.1 Å². The van der Waals surface area contributed by atoms with Gasteiger partial charge in [-0.15, -0.1) is 0 Å². The van der Waals surface area contributed by atoms with Gasteiger partial charge >= 0.3 is 12.1 Å². The van der Waals surface area contributed by atoms with Crippen molar-refractivity contribution in [2.45, 2.75) is 26.4 Å². The summed E-state index contributed by atoms with van der Waals surface area (Å²) in [6, 6.07) is 9.67. The van der Waals surface area contributed by atoms with Gasteiger partial charge in [0.05, 0.1) is 12.5 Å². The maximum absolute atomic E-state index is 12.2. The Morgan fingerprint density at radius 3 is 2.35 bits per heavy atom. The van der Waals surface area contributed by atoms with Gasteiger partial charge in [-0.05, 0) is 37.2 Å². The van der Waals surface area contributed by atoms with Gasteiger partial charge in [0.1, 0.15) is 6.61 Å². The largest absolute Gasteiger partial charge is 0.466 e. The maximum atomic E-state index is 12.2. The minimum atomic E-state index is -0.261. The number of rotatable bonds is 4. The molecule has 0 spiro atoms. The van der Waals surface area contributed by atoms with Crippen molar-refractivity contribution in [3.05, 3.63) is 35.9 Å². The molecule has 1 aromatic rings.